The summed E-state index contributed by atoms with van der Waals surface area (Å²) in [5.74, 6) is -0.168. The molecule has 2 rings (SSSR count). The van der Waals surface area contributed by atoms with Crippen molar-refractivity contribution in [2.24, 2.45) is 10.2 Å². The van der Waals surface area contributed by atoms with Gasteiger partial charge in [0.1, 0.15) is 11.4 Å². The molecule has 1 unspecified atom stereocenters. The fraction of sp³-hybridized carbons (Fsp3) is 0.364. The average molecular weight is 498 g/mol. The molecule has 0 aliphatic rings. The van der Waals surface area contributed by atoms with Crippen molar-refractivity contribution in [3.63, 3.8) is 0 Å². The Labute approximate surface area is 202 Å². The molecule has 0 heterocycles. The number of carbonyl (C=O) groups is 2. The normalized spacial score (nSPS) is 11.7. The highest BCUT2D eigenvalue weighted by molar-refractivity contribution is 6.34. The van der Waals surface area contributed by atoms with Crippen molar-refractivity contribution in [3.8, 4) is 23.0 Å². The number of benzene rings is 2. The molecule has 1 N–H and O–H groups in total. The van der Waals surface area contributed by atoms with E-state index in [4.69, 9.17) is 42.1 Å². The van der Waals surface area contributed by atoms with Crippen LogP contribution >= 0.6 is 23.2 Å². The van der Waals surface area contributed by atoms with E-state index in [-0.39, 0.29) is 33.6 Å². The highest BCUT2D eigenvalue weighted by atomic mass is 35.5. The van der Waals surface area contributed by atoms with E-state index in [9.17, 15) is 9.59 Å². The molecule has 0 aliphatic carbocycles. The van der Waals surface area contributed by atoms with Crippen molar-refractivity contribution in [2.75, 3.05) is 32.8 Å². The number of Topliss-reactive ketones (excluding diaryl/α,β-unsaturated/α-hetero) is 1. The molecule has 0 aromatic heterocycles. The van der Waals surface area contributed by atoms with Gasteiger partial charge in [0.25, 0.3) is 5.91 Å². The highest BCUT2D eigenvalue weighted by Gasteiger charge is 2.27. The van der Waals surface area contributed by atoms with E-state index in [1.54, 1.807) is 19.1 Å². The predicted molar refractivity (Wildman–Crippen MR) is 126 cm³/mol. The SMILES string of the molecule is CCOc1ccc(Cl)c(NC(=O)C(N=Nc2ccc(Cl)c(OC)c2OC)C(C)=O)c1OCC. The molecule has 33 heavy (non-hydrogen) atoms. The predicted octanol–water partition coefficient (Wildman–Crippen LogP) is 5.49. The Kier molecular flexibility index (Phi) is 9.74. The van der Waals surface area contributed by atoms with Gasteiger partial charge in [-0.15, -0.1) is 0 Å². The Balaban J connectivity index is 2.40. The fourth-order valence-corrected chi connectivity index (χ4v) is 3.26. The number of ketones is 1. The number of halogens is 2. The van der Waals surface area contributed by atoms with E-state index in [0.717, 1.165) is 0 Å². The van der Waals surface area contributed by atoms with E-state index in [0.29, 0.717) is 24.0 Å². The van der Waals surface area contributed by atoms with Crippen LogP contribution < -0.4 is 24.3 Å². The van der Waals surface area contributed by atoms with E-state index in [2.05, 4.69) is 15.5 Å². The van der Waals surface area contributed by atoms with Crippen molar-refractivity contribution >= 4 is 46.3 Å². The van der Waals surface area contributed by atoms with Crippen LogP contribution in [-0.4, -0.2) is 45.2 Å². The molecule has 0 aliphatic heterocycles. The van der Waals surface area contributed by atoms with Crippen LogP contribution in [0.2, 0.25) is 10.0 Å². The third-order valence-corrected chi connectivity index (χ3v) is 4.89. The van der Waals surface area contributed by atoms with Gasteiger partial charge in [-0.05, 0) is 45.0 Å². The maximum absolute atomic E-state index is 13.0. The van der Waals surface area contributed by atoms with Gasteiger partial charge in [-0.3, -0.25) is 9.59 Å². The Bertz CT molecular complexity index is 1050. The Morgan fingerprint density at radius 2 is 1.58 bits per heavy atom. The van der Waals surface area contributed by atoms with Crippen molar-refractivity contribution < 1.29 is 28.5 Å². The summed E-state index contributed by atoms with van der Waals surface area (Å²) in [6, 6.07) is 4.79. The summed E-state index contributed by atoms with van der Waals surface area (Å²) >= 11 is 12.4. The van der Waals surface area contributed by atoms with Crippen LogP contribution in [0, 0.1) is 0 Å². The van der Waals surface area contributed by atoms with Crippen molar-refractivity contribution in [3.05, 3.63) is 34.3 Å². The van der Waals surface area contributed by atoms with Gasteiger partial charge in [-0.2, -0.15) is 10.2 Å². The van der Waals surface area contributed by atoms with Gasteiger partial charge in [0, 0.05) is 0 Å². The third-order valence-electron chi connectivity index (χ3n) is 4.27. The quantitative estimate of drug-likeness (QED) is 0.324. The van der Waals surface area contributed by atoms with Crippen LogP contribution in [0.25, 0.3) is 0 Å². The van der Waals surface area contributed by atoms with Crippen LogP contribution in [-0.2, 0) is 9.59 Å². The lowest BCUT2D eigenvalue weighted by Crippen LogP contribution is -2.32. The maximum atomic E-state index is 13.0. The number of carbonyl (C=O) groups excluding carboxylic acids is 2. The molecule has 0 spiro atoms. The molecule has 9 nitrogen and oxygen atoms in total. The van der Waals surface area contributed by atoms with Crippen molar-refractivity contribution in [1.82, 2.24) is 0 Å². The van der Waals surface area contributed by atoms with Crippen LogP contribution in [0.5, 0.6) is 23.0 Å². The monoisotopic (exact) mass is 497 g/mol. The van der Waals surface area contributed by atoms with Gasteiger partial charge in [0.2, 0.25) is 6.04 Å². The number of nitrogens with zero attached hydrogens (tertiary/aromatic N) is 2. The number of amides is 1. The molecule has 2 aromatic carbocycles. The Morgan fingerprint density at radius 3 is 2.15 bits per heavy atom. The van der Waals surface area contributed by atoms with Crippen molar-refractivity contribution in [1.29, 1.82) is 0 Å². The van der Waals surface area contributed by atoms with E-state index in [1.165, 1.54) is 33.3 Å². The van der Waals surface area contributed by atoms with Gasteiger partial charge in [-0.1, -0.05) is 23.2 Å². The largest absolute Gasteiger partial charge is 0.491 e. The summed E-state index contributed by atoms with van der Waals surface area (Å²) in [5, 5.41) is 11.1. The summed E-state index contributed by atoms with van der Waals surface area (Å²) < 4.78 is 21.7. The third kappa shape index (κ3) is 6.27. The average Bonchev–Trinajstić information content (AvgIpc) is 2.78. The first-order valence-corrected chi connectivity index (χ1v) is 10.7. The van der Waals surface area contributed by atoms with Gasteiger partial charge in [-0.25, -0.2) is 0 Å². The van der Waals surface area contributed by atoms with Crippen LogP contribution in [0.1, 0.15) is 20.8 Å². The number of azo groups is 1. The number of ether oxygens (including phenoxy) is 4. The second-order valence-corrected chi connectivity index (χ2v) is 7.28. The van der Waals surface area contributed by atoms with Crippen LogP contribution in [0.15, 0.2) is 34.5 Å². The minimum absolute atomic E-state index is 0.168. The van der Waals surface area contributed by atoms with Gasteiger partial charge in [0.05, 0.1) is 37.5 Å². The fourth-order valence-electron chi connectivity index (χ4n) is 2.84. The molecule has 0 fully saturated rings. The maximum Gasteiger partial charge on any atom is 0.258 e. The molecule has 0 radical (unpaired) electrons. The number of nitrogens with one attached hydrogen (secondary N) is 1. The van der Waals surface area contributed by atoms with E-state index < -0.39 is 17.7 Å². The van der Waals surface area contributed by atoms with Crippen LogP contribution in [0.3, 0.4) is 0 Å². The highest BCUT2D eigenvalue weighted by Crippen LogP contribution is 2.43. The first-order valence-electron chi connectivity index (χ1n) is 9.99. The van der Waals surface area contributed by atoms with E-state index in [1.807, 2.05) is 6.92 Å². The molecule has 0 saturated heterocycles. The zero-order chi connectivity index (χ0) is 24.5. The minimum Gasteiger partial charge on any atom is -0.491 e. The number of hydrogen-bond acceptors (Lipinski definition) is 8. The molecule has 178 valence electrons. The molecule has 0 bridgehead atoms. The molecule has 0 saturated carbocycles. The lowest BCUT2D eigenvalue weighted by Gasteiger charge is -2.18. The molecular weight excluding hydrogens is 473 g/mol. The Morgan fingerprint density at radius 1 is 0.939 bits per heavy atom. The molecule has 2 aromatic rings. The van der Waals surface area contributed by atoms with Crippen molar-refractivity contribution in [2.45, 2.75) is 26.8 Å². The lowest BCUT2D eigenvalue weighted by molar-refractivity contribution is -0.126. The topological polar surface area (TPSA) is 108 Å². The minimum atomic E-state index is -1.46. The summed E-state index contributed by atoms with van der Waals surface area (Å²) in [7, 11) is 2.83. The second kappa shape index (κ2) is 12.3. The Hall–Kier alpha value is -3.04. The number of anilines is 1. The first-order chi connectivity index (χ1) is 15.8. The zero-order valence-corrected chi connectivity index (χ0v) is 20.4. The number of hydrogen-bond donors (Lipinski definition) is 1. The molecule has 1 amide bonds. The van der Waals surface area contributed by atoms with Gasteiger partial charge in [0.15, 0.2) is 28.8 Å². The second-order valence-electron chi connectivity index (χ2n) is 6.47. The smallest absolute Gasteiger partial charge is 0.258 e. The number of rotatable bonds is 11. The zero-order valence-electron chi connectivity index (χ0n) is 18.9. The number of methoxy groups -OCH3 is 2. The molecular formula is C22H25Cl2N3O6. The molecule has 11 heteroatoms. The summed E-state index contributed by atoms with van der Waals surface area (Å²) in [6.07, 6.45) is 0. The van der Waals surface area contributed by atoms with Crippen LogP contribution in [0.4, 0.5) is 11.4 Å². The van der Waals surface area contributed by atoms with Gasteiger partial charge < -0.3 is 24.3 Å². The summed E-state index contributed by atoms with van der Waals surface area (Å²) in [5.41, 5.74) is 0.394. The summed E-state index contributed by atoms with van der Waals surface area (Å²) in [6.45, 7) is 5.51. The van der Waals surface area contributed by atoms with Gasteiger partial charge >= 0.3 is 0 Å². The standard InChI is InChI=1S/C22H25Cl2N3O6/c1-6-32-16-11-9-13(23)18(21(16)33-7-2)25-22(29)17(12(3)28)27-26-15-10-8-14(24)19(30-4)20(15)31-5/h8-11,17H,6-7H2,1-5H3,(H,25,29). The molecule has 1 atom stereocenters. The van der Waals surface area contributed by atoms with E-state index >= 15 is 0 Å². The first kappa shape index (κ1) is 26.2. The summed E-state index contributed by atoms with van der Waals surface area (Å²) in [4.78, 5) is 25.2. The lowest BCUT2D eigenvalue weighted by atomic mass is 10.2.